The SMILES string of the molecule is O=C1CCN([C@H]2CC[C@H]3CCCc4cccc2c43)CC1. The molecule has 1 fully saturated rings. The van der Waals surface area contributed by atoms with Crippen LogP contribution in [0.2, 0.25) is 0 Å². The molecule has 1 aliphatic heterocycles. The van der Waals surface area contributed by atoms with E-state index in [0.717, 1.165) is 31.8 Å². The summed E-state index contributed by atoms with van der Waals surface area (Å²) in [7, 11) is 0. The van der Waals surface area contributed by atoms with E-state index >= 15 is 0 Å². The van der Waals surface area contributed by atoms with Crippen molar-refractivity contribution in [1.82, 2.24) is 4.90 Å². The van der Waals surface area contributed by atoms with Crippen molar-refractivity contribution in [2.75, 3.05) is 13.1 Å². The minimum atomic E-state index is 0.449. The van der Waals surface area contributed by atoms with Crippen LogP contribution in [-0.2, 0) is 11.2 Å². The molecule has 0 radical (unpaired) electrons. The van der Waals surface area contributed by atoms with Gasteiger partial charge in [0.2, 0.25) is 0 Å². The summed E-state index contributed by atoms with van der Waals surface area (Å²) in [6.07, 6.45) is 8.17. The fourth-order valence-electron chi connectivity index (χ4n) is 4.59. The molecule has 4 rings (SSSR count). The van der Waals surface area contributed by atoms with E-state index in [0.29, 0.717) is 11.8 Å². The molecule has 3 aliphatic rings. The number of carbonyl (C=O) groups excluding carboxylic acids is 1. The van der Waals surface area contributed by atoms with Crippen LogP contribution in [0, 0.1) is 0 Å². The van der Waals surface area contributed by atoms with E-state index < -0.39 is 0 Å². The monoisotopic (exact) mass is 269 g/mol. The number of nitrogens with zero attached hydrogens (tertiary/aromatic N) is 1. The first-order chi connectivity index (χ1) is 9.83. The molecular weight excluding hydrogens is 246 g/mol. The zero-order chi connectivity index (χ0) is 13.5. The number of carbonyl (C=O) groups is 1. The lowest BCUT2D eigenvalue weighted by molar-refractivity contribution is -0.122. The molecule has 2 nitrogen and oxygen atoms in total. The van der Waals surface area contributed by atoms with Gasteiger partial charge in [-0.3, -0.25) is 9.69 Å². The summed E-state index contributed by atoms with van der Waals surface area (Å²) in [5.74, 6) is 1.27. The summed E-state index contributed by atoms with van der Waals surface area (Å²) >= 11 is 0. The summed E-state index contributed by atoms with van der Waals surface area (Å²) in [6.45, 7) is 1.94. The van der Waals surface area contributed by atoms with Crippen molar-refractivity contribution in [3.05, 3.63) is 34.9 Å². The summed E-state index contributed by atoms with van der Waals surface area (Å²) in [5.41, 5.74) is 4.89. The van der Waals surface area contributed by atoms with Crippen LogP contribution in [0.4, 0.5) is 0 Å². The van der Waals surface area contributed by atoms with E-state index in [1.807, 2.05) is 0 Å². The largest absolute Gasteiger partial charge is 0.300 e. The summed E-state index contributed by atoms with van der Waals surface area (Å²) < 4.78 is 0. The molecule has 1 saturated heterocycles. The Kier molecular flexibility index (Phi) is 3.14. The predicted molar refractivity (Wildman–Crippen MR) is 79.9 cm³/mol. The number of aryl methyl sites for hydroxylation is 1. The molecule has 2 atom stereocenters. The number of benzene rings is 1. The lowest BCUT2D eigenvalue weighted by Crippen LogP contribution is -2.39. The van der Waals surface area contributed by atoms with E-state index in [4.69, 9.17) is 0 Å². The maximum Gasteiger partial charge on any atom is 0.135 e. The zero-order valence-corrected chi connectivity index (χ0v) is 12.1. The van der Waals surface area contributed by atoms with Gasteiger partial charge >= 0.3 is 0 Å². The quantitative estimate of drug-likeness (QED) is 0.776. The molecule has 2 aliphatic carbocycles. The summed E-state index contributed by atoms with van der Waals surface area (Å²) in [5, 5.41) is 0. The molecular formula is C18H23NO. The molecule has 1 aromatic carbocycles. The van der Waals surface area contributed by atoms with Gasteiger partial charge in [-0.25, -0.2) is 0 Å². The van der Waals surface area contributed by atoms with E-state index in [1.54, 1.807) is 16.7 Å². The number of hydrogen-bond donors (Lipinski definition) is 0. The van der Waals surface area contributed by atoms with Crippen LogP contribution in [0.1, 0.15) is 67.2 Å². The van der Waals surface area contributed by atoms with Gasteiger partial charge in [0.15, 0.2) is 0 Å². The number of ketones is 1. The van der Waals surface area contributed by atoms with Crippen LogP contribution >= 0.6 is 0 Å². The Labute approximate surface area is 121 Å². The highest BCUT2D eigenvalue weighted by Crippen LogP contribution is 2.46. The first kappa shape index (κ1) is 12.6. The third-order valence-electron chi connectivity index (χ3n) is 5.58. The normalized spacial score (nSPS) is 30.1. The maximum absolute atomic E-state index is 11.5. The maximum atomic E-state index is 11.5. The van der Waals surface area contributed by atoms with Gasteiger partial charge in [0.25, 0.3) is 0 Å². The Balaban J connectivity index is 1.68. The highest BCUT2D eigenvalue weighted by molar-refractivity contribution is 5.79. The highest BCUT2D eigenvalue weighted by atomic mass is 16.1. The van der Waals surface area contributed by atoms with Gasteiger partial charge in [-0.05, 0) is 54.7 Å². The van der Waals surface area contributed by atoms with Crippen LogP contribution < -0.4 is 0 Å². The van der Waals surface area contributed by atoms with E-state index in [-0.39, 0.29) is 0 Å². The van der Waals surface area contributed by atoms with Crippen molar-refractivity contribution in [1.29, 1.82) is 0 Å². The molecule has 0 amide bonds. The Morgan fingerprint density at radius 3 is 2.70 bits per heavy atom. The minimum Gasteiger partial charge on any atom is -0.300 e. The fourth-order valence-corrected chi connectivity index (χ4v) is 4.59. The molecule has 0 N–H and O–H groups in total. The number of Topliss-reactive ketones (excluding diaryl/α,β-unsaturated/α-hetero) is 1. The average Bonchev–Trinajstić information content (AvgIpc) is 2.49. The summed E-state index contributed by atoms with van der Waals surface area (Å²) in [4.78, 5) is 14.0. The number of rotatable bonds is 1. The second-order valence-electron chi connectivity index (χ2n) is 6.68. The van der Waals surface area contributed by atoms with Crippen molar-refractivity contribution < 1.29 is 4.79 Å². The van der Waals surface area contributed by atoms with E-state index in [9.17, 15) is 4.79 Å². The molecule has 1 heterocycles. The van der Waals surface area contributed by atoms with Gasteiger partial charge in [-0.1, -0.05) is 18.2 Å². The first-order valence-corrected chi connectivity index (χ1v) is 8.20. The van der Waals surface area contributed by atoms with Gasteiger partial charge in [0.05, 0.1) is 0 Å². The standard InChI is InChI=1S/C18H23NO/c20-15-9-11-19(12-10-15)17-8-7-14-4-1-3-13-5-2-6-16(17)18(13)14/h2,5-6,14,17H,1,3-4,7-12H2/t14-,17+/m1/s1. The van der Waals surface area contributed by atoms with Gasteiger partial charge < -0.3 is 0 Å². The van der Waals surface area contributed by atoms with Gasteiger partial charge in [0.1, 0.15) is 5.78 Å². The Bertz CT molecular complexity index is 526. The number of hydrogen-bond acceptors (Lipinski definition) is 2. The van der Waals surface area contributed by atoms with Crippen molar-refractivity contribution in [3.63, 3.8) is 0 Å². The van der Waals surface area contributed by atoms with Gasteiger partial charge in [-0.15, -0.1) is 0 Å². The van der Waals surface area contributed by atoms with Crippen LogP contribution in [0.5, 0.6) is 0 Å². The molecule has 1 aromatic rings. The predicted octanol–water partition coefficient (Wildman–Crippen LogP) is 3.61. The third-order valence-corrected chi connectivity index (χ3v) is 5.58. The first-order valence-electron chi connectivity index (χ1n) is 8.20. The fraction of sp³-hybridized carbons (Fsp3) is 0.611. The van der Waals surface area contributed by atoms with Crippen LogP contribution in [0.25, 0.3) is 0 Å². The lowest BCUT2D eigenvalue weighted by atomic mass is 9.71. The lowest BCUT2D eigenvalue weighted by Gasteiger charge is -2.42. The Morgan fingerprint density at radius 1 is 1.00 bits per heavy atom. The topological polar surface area (TPSA) is 20.3 Å². The molecule has 0 aromatic heterocycles. The number of piperidine rings is 1. The molecule has 0 bridgehead atoms. The van der Waals surface area contributed by atoms with Crippen molar-refractivity contribution in [3.8, 4) is 0 Å². The summed E-state index contributed by atoms with van der Waals surface area (Å²) in [6, 6.07) is 7.53. The zero-order valence-electron chi connectivity index (χ0n) is 12.1. The van der Waals surface area contributed by atoms with Crippen molar-refractivity contribution in [2.24, 2.45) is 0 Å². The van der Waals surface area contributed by atoms with Crippen LogP contribution in [0.15, 0.2) is 18.2 Å². The van der Waals surface area contributed by atoms with Crippen LogP contribution in [-0.4, -0.2) is 23.8 Å². The van der Waals surface area contributed by atoms with E-state index in [2.05, 4.69) is 23.1 Å². The molecule has 2 heteroatoms. The molecule has 20 heavy (non-hydrogen) atoms. The number of likely N-dealkylation sites (tertiary alicyclic amines) is 1. The Hall–Kier alpha value is -1.15. The molecule has 0 spiro atoms. The van der Waals surface area contributed by atoms with Gasteiger partial charge in [0, 0.05) is 32.0 Å². The Morgan fingerprint density at radius 2 is 1.85 bits per heavy atom. The molecule has 0 saturated carbocycles. The van der Waals surface area contributed by atoms with E-state index in [1.165, 1.54) is 32.1 Å². The third kappa shape index (κ3) is 2.01. The van der Waals surface area contributed by atoms with Crippen molar-refractivity contribution in [2.45, 2.75) is 56.9 Å². The highest BCUT2D eigenvalue weighted by Gasteiger charge is 2.34. The van der Waals surface area contributed by atoms with Crippen molar-refractivity contribution >= 4 is 5.78 Å². The second-order valence-corrected chi connectivity index (χ2v) is 6.68. The smallest absolute Gasteiger partial charge is 0.135 e. The van der Waals surface area contributed by atoms with Crippen LogP contribution in [0.3, 0.4) is 0 Å². The molecule has 106 valence electrons. The minimum absolute atomic E-state index is 0.449. The second kappa shape index (κ2) is 5.00. The average molecular weight is 269 g/mol. The van der Waals surface area contributed by atoms with Gasteiger partial charge in [-0.2, -0.15) is 0 Å². The molecule has 0 unspecified atom stereocenters.